The predicted octanol–water partition coefficient (Wildman–Crippen LogP) is 3.61. The number of nitro groups is 1. The number of rotatable bonds is 6. The summed E-state index contributed by atoms with van der Waals surface area (Å²) in [6, 6.07) is 12.7. The van der Waals surface area contributed by atoms with E-state index in [0.717, 1.165) is 0 Å². The molecule has 0 saturated carbocycles. The monoisotopic (exact) mass is 313 g/mol. The molecule has 23 heavy (non-hydrogen) atoms. The van der Waals surface area contributed by atoms with Crippen molar-refractivity contribution in [1.82, 2.24) is 0 Å². The summed E-state index contributed by atoms with van der Waals surface area (Å²) in [6.07, 6.45) is 2.78. The van der Waals surface area contributed by atoms with E-state index >= 15 is 0 Å². The Morgan fingerprint density at radius 3 is 2.39 bits per heavy atom. The van der Waals surface area contributed by atoms with Crippen LogP contribution in [0.2, 0.25) is 0 Å². The Morgan fingerprint density at radius 2 is 1.78 bits per heavy atom. The van der Waals surface area contributed by atoms with E-state index in [9.17, 15) is 14.9 Å². The Morgan fingerprint density at radius 1 is 1.13 bits per heavy atom. The lowest BCUT2D eigenvalue weighted by Crippen LogP contribution is -2.05. The van der Waals surface area contributed by atoms with E-state index in [1.807, 2.05) is 6.92 Å². The summed E-state index contributed by atoms with van der Waals surface area (Å²) in [5.41, 5.74) is 0.654. The Balaban J connectivity index is 2.03. The second-order valence-electron chi connectivity index (χ2n) is 4.48. The molecule has 6 heteroatoms. The molecule has 6 nitrogen and oxygen atoms in total. The van der Waals surface area contributed by atoms with Crippen LogP contribution in [0.1, 0.15) is 12.5 Å². The average molecular weight is 313 g/mol. The topological polar surface area (TPSA) is 78.7 Å². The number of non-ortho nitro benzene ring substituents is 1. The molecule has 0 saturated heterocycles. The van der Waals surface area contributed by atoms with Crippen LogP contribution in [-0.4, -0.2) is 17.5 Å². The fraction of sp³-hybridized carbons (Fsp3) is 0.118. The first-order valence-corrected chi connectivity index (χ1v) is 6.96. The van der Waals surface area contributed by atoms with E-state index in [2.05, 4.69) is 0 Å². The highest BCUT2D eigenvalue weighted by Crippen LogP contribution is 2.26. The van der Waals surface area contributed by atoms with Crippen LogP contribution in [-0.2, 0) is 4.79 Å². The van der Waals surface area contributed by atoms with Crippen molar-refractivity contribution >= 4 is 17.7 Å². The Hall–Kier alpha value is -3.15. The molecule has 2 aromatic carbocycles. The molecular weight excluding hydrogens is 298 g/mol. The molecule has 0 aromatic heterocycles. The van der Waals surface area contributed by atoms with Crippen molar-refractivity contribution in [3.05, 3.63) is 70.3 Å². The molecule has 0 N–H and O–H groups in total. The zero-order valence-electron chi connectivity index (χ0n) is 12.5. The van der Waals surface area contributed by atoms with Gasteiger partial charge in [-0.05, 0) is 42.8 Å². The van der Waals surface area contributed by atoms with E-state index < -0.39 is 10.9 Å². The molecule has 0 atom stereocenters. The SMILES string of the molecule is CCOc1ccccc1OC(=O)/C=C/c1ccc([N+](=O)[O-])cc1. The van der Waals surface area contributed by atoms with Crippen LogP contribution in [0.3, 0.4) is 0 Å². The van der Waals surface area contributed by atoms with Crippen molar-refractivity contribution in [1.29, 1.82) is 0 Å². The van der Waals surface area contributed by atoms with Crippen molar-refractivity contribution in [2.75, 3.05) is 6.61 Å². The van der Waals surface area contributed by atoms with Crippen LogP contribution >= 0.6 is 0 Å². The van der Waals surface area contributed by atoms with Gasteiger partial charge < -0.3 is 9.47 Å². The van der Waals surface area contributed by atoms with Gasteiger partial charge in [-0.3, -0.25) is 10.1 Å². The van der Waals surface area contributed by atoms with Gasteiger partial charge in [0.25, 0.3) is 5.69 Å². The lowest BCUT2D eigenvalue weighted by molar-refractivity contribution is -0.384. The van der Waals surface area contributed by atoms with Gasteiger partial charge >= 0.3 is 5.97 Å². The maximum absolute atomic E-state index is 11.8. The van der Waals surface area contributed by atoms with Crippen molar-refractivity contribution in [3.8, 4) is 11.5 Å². The van der Waals surface area contributed by atoms with Gasteiger partial charge in [0.2, 0.25) is 0 Å². The van der Waals surface area contributed by atoms with E-state index in [1.165, 1.54) is 24.3 Å². The highest BCUT2D eigenvalue weighted by molar-refractivity contribution is 5.89. The summed E-state index contributed by atoms with van der Waals surface area (Å²) in [5.74, 6) is 0.273. The first-order valence-electron chi connectivity index (χ1n) is 6.96. The molecule has 0 aliphatic rings. The average Bonchev–Trinajstić information content (AvgIpc) is 2.55. The molecule has 2 aromatic rings. The largest absolute Gasteiger partial charge is 0.490 e. The first-order chi connectivity index (χ1) is 11.1. The molecule has 2 rings (SSSR count). The normalized spacial score (nSPS) is 10.5. The number of nitrogens with zero attached hydrogens (tertiary/aromatic N) is 1. The number of para-hydroxylation sites is 2. The lowest BCUT2D eigenvalue weighted by atomic mass is 10.2. The Labute approximate surface area is 133 Å². The zero-order chi connectivity index (χ0) is 16.7. The molecule has 0 unspecified atom stereocenters. The molecule has 0 radical (unpaired) electrons. The third-order valence-corrected chi connectivity index (χ3v) is 2.88. The van der Waals surface area contributed by atoms with Gasteiger partial charge in [-0.2, -0.15) is 0 Å². The quantitative estimate of drug-likeness (QED) is 0.267. The van der Waals surface area contributed by atoms with Crippen LogP contribution in [0, 0.1) is 10.1 Å². The Bertz CT molecular complexity index is 722. The number of esters is 1. The van der Waals surface area contributed by atoms with Crippen molar-refractivity contribution in [2.45, 2.75) is 6.92 Å². The fourth-order valence-electron chi connectivity index (χ4n) is 1.82. The molecule has 0 spiro atoms. The number of hydrogen-bond acceptors (Lipinski definition) is 5. The number of ether oxygens (including phenoxy) is 2. The second-order valence-corrected chi connectivity index (χ2v) is 4.48. The molecule has 0 aliphatic carbocycles. The second kappa shape index (κ2) is 7.74. The summed E-state index contributed by atoms with van der Waals surface area (Å²) in [4.78, 5) is 21.9. The standard InChI is InChI=1S/C17H15NO5/c1-2-22-15-5-3-4-6-16(15)23-17(19)12-9-13-7-10-14(11-8-13)18(20)21/h3-12H,2H2,1H3/b12-9+. The van der Waals surface area contributed by atoms with E-state index in [1.54, 1.807) is 36.4 Å². The van der Waals surface area contributed by atoms with Crippen LogP contribution in [0.15, 0.2) is 54.6 Å². The van der Waals surface area contributed by atoms with Crippen molar-refractivity contribution in [2.24, 2.45) is 0 Å². The van der Waals surface area contributed by atoms with E-state index in [0.29, 0.717) is 23.7 Å². The molecule has 0 heterocycles. The highest BCUT2D eigenvalue weighted by atomic mass is 16.6. The number of hydrogen-bond donors (Lipinski definition) is 0. The van der Waals surface area contributed by atoms with Gasteiger partial charge in [0.1, 0.15) is 0 Å². The van der Waals surface area contributed by atoms with E-state index in [-0.39, 0.29) is 5.69 Å². The maximum Gasteiger partial charge on any atom is 0.336 e. The van der Waals surface area contributed by atoms with Gasteiger partial charge in [-0.25, -0.2) is 4.79 Å². The first kappa shape index (κ1) is 16.2. The summed E-state index contributed by atoms with van der Waals surface area (Å²) < 4.78 is 10.6. The van der Waals surface area contributed by atoms with Crippen molar-refractivity contribution < 1.29 is 19.2 Å². The van der Waals surface area contributed by atoms with Gasteiger partial charge in [0, 0.05) is 18.2 Å². The minimum atomic E-state index is -0.560. The van der Waals surface area contributed by atoms with Crippen LogP contribution in [0.25, 0.3) is 6.08 Å². The van der Waals surface area contributed by atoms with Gasteiger partial charge in [-0.1, -0.05) is 12.1 Å². The van der Waals surface area contributed by atoms with Gasteiger partial charge in [-0.15, -0.1) is 0 Å². The minimum Gasteiger partial charge on any atom is -0.490 e. The van der Waals surface area contributed by atoms with Crippen LogP contribution < -0.4 is 9.47 Å². The van der Waals surface area contributed by atoms with Crippen LogP contribution in [0.4, 0.5) is 5.69 Å². The van der Waals surface area contributed by atoms with Gasteiger partial charge in [0.05, 0.1) is 11.5 Å². The lowest BCUT2D eigenvalue weighted by Gasteiger charge is -2.08. The van der Waals surface area contributed by atoms with Gasteiger partial charge in [0.15, 0.2) is 11.5 Å². The van der Waals surface area contributed by atoms with E-state index in [4.69, 9.17) is 9.47 Å². The third-order valence-electron chi connectivity index (χ3n) is 2.88. The molecule has 0 aliphatic heterocycles. The Kier molecular flexibility index (Phi) is 5.46. The molecule has 0 fully saturated rings. The molecule has 0 bridgehead atoms. The summed E-state index contributed by atoms with van der Waals surface area (Å²) in [6.45, 7) is 2.31. The molecule has 0 amide bonds. The summed E-state index contributed by atoms with van der Waals surface area (Å²) >= 11 is 0. The molecule has 118 valence electrons. The number of carbonyl (C=O) groups is 1. The number of nitro benzene ring substituents is 1. The summed E-state index contributed by atoms with van der Waals surface area (Å²) in [7, 11) is 0. The van der Waals surface area contributed by atoms with Crippen molar-refractivity contribution in [3.63, 3.8) is 0 Å². The zero-order valence-corrected chi connectivity index (χ0v) is 12.5. The summed E-state index contributed by atoms with van der Waals surface area (Å²) in [5, 5.41) is 10.6. The third kappa shape index (κ3) is 4.67. The van der Waals surface area contributed by atoms with Crippen LogP contribution in [0.5, 0.6) is 11.5 Å². The fourth-order valence-corrected chi connectivity index (χ4v) is 1.82. The highest BCUT2D eigenvalue weighted by Gasteiger charge is 2.07. The maximum atomic E-state index is 11.8. The number of benzene rings is 2. The minimum absolute atomic E-state index is 0.00429. The number of carbonyl (C=O) groups excluding carboxylic acids is 1. The molecular formula is C17H15NO5. The smallest absolute Gasteiger partial charge is 0.336 e. The predicted molar refractivity (Wildman–Crippen MR) is 85.4 cm³/mol.